The molecule has 0 radical (unpaired) electrons. The van der Waals surface area contributed by atoms with Crippen LogP contribution in [0.15, 0.2) is 60.7 Å². The van der Waals surface area contributed by atoms with E-state index in [1.807, 2.05) is 65.6 Å². The zero-order valence-corrected chi connectivity index (χ0v) is 19.1. The van der Waals surface area contributed by atoms with Gasteiger partial charge in [-0.3, -0.25) is 4.90 Å². The molecule has 1 aliphatic carbocycles. The molecule has 2 aromatic carbocycles. The Morgan fingerprint density at radius 3 is 2.27 bits per heavy atom. The van der Waals surface area contributed by atoms with Crippen LogP contribution in [0.3, 0.4) is 0 Å². The highest BCUT2D eigenvalue weighted by Gasteiger charge is 2.46. The molecule has 1 N–H and O–H groups in total. The van der Waals surface area contributed by atoms with Crippen LogP contribution in [0.2, 0.25) is 0 Å². The van der Waals surface area contributed by atoms with E-state index in [1.165, 1.54) is 0 Å². The van der Waals surface area contributed by atoms with Gasteiger partial charge in [0.2, 0.25) is 0 Å². The van der Waals surface area contributed by atoms with Crippen molar-refractivity contribution in [3.8, 4) is 0 Å². The number of hydrogen-bond donors (Lipinski definition) is 1. The molecule has 5 nitrogen and oxygen atoms in total. The van der Waals surface area contributed by atoms with Crippen molar-refractivity contribution < 1.29 is 19.4 Å². The van der Waals surface area contributed by atoms with Crippen molar-refractivity contribution in [2.75, 3.05) is 0 Å². The van der Waals surface area contributed by atoms with E-state index in [4.69, 9.17) is 9.47 Å². The normalized spacial score (nSPS) is 24.8. The maximum absolute atomic E-state index is 13.3. The first kappa shape index (κ1) is 21.6. The number of amides is 1. The van der Waals surface area contributed by atoms with Crippen molar-refractivity contribution in [3.63, 3.8) is 0 Å². The Labute approximate surface area is 191 Å². The molecule has 4 rings (SSSR count). The summed E-state index contributed by atoms with van der Waals surface area (Å²) in [6.45, 7) is 0.714. The van der Waals surface area contributed by atoms with Gasteiger partial charge in [-0.25, -0.2) is 4.79 Å². The van der Waals surface area contributed by atoms with Crippen LogP contribution in [0, 0.1) is 5.92 Å². The standard InChI is InChI=1S/C24H28INO4/c25-20-13-14-21(30-23(20)27)22(19-11-12-19)26(15-17-7-3-1-4-8-17)24(28)29-16-18-9-5-2-6-10-18/h1-10,19-23,27H,11-16H2/t20-,21-,22-,23-/m0/s1. The van der Waals surface area contributed by atoms with Crippen molar-refractivity contribution in [3.05, 3.63) is 71.8 Å². The van der Waals surface area contributed by atoms with Gasteiger partial charge in [-0.1, -0.05) is 83.3 Å². The predicted octanol–water partition coefficient (Wildman–Crippen LogP) is 4.91. The van der Waals surface area contributed by atoms with Gasteiger partial charge in [0.1, 0.15) is 6.61 Å². The van der Waals surface area contributed by atoms with Gasteiger partial charge in [0.25, 0.3) is 0 Å². The number of nitrogens with zero attached hydrogens (tertiary/aromatic N) is 1. The predicted molar refractivity (Wildman–Crippen MR) is 123 cm³/mol. The number of ether oxygens (including phenoxy) is 2. The molecule has 30 heavy (non-hydrogen) atoms. The Balaban J connectivity index is 1.54. The van der Waals surface area contributed by atoms with E-state index in [0.717, 1.165) is 36.8 Å². The van der Waals surface area contributed by atoms with Crippen LogP contribution in [0.5, 0.6) is 0 Å². The van der Waals surface area contributed by atoms with Gasteiger partial charge in [0.05, 0.1) is 16.1 Å². The van der Waals surface area contributed by atoms with Crippen LogP contribution >= 0.6 is 22.6 Å². The van der Waals surface area contributed by atoms with E-state index in [2.05, 4.69) is 22.6 Å². The second-order valence-corrected chi connectivity index (χ2v) is 9.74. The van der Waals surface area contributed by atoms with Crippen LogP contribution in [0.4, 0.5) is 4.79 Å². The molecule has 4 atom stereocenters. The zero-order valence-electron chi connectivity index (χ0n) is 16.9. The number of benzene rings is 2. The number of aliphatic hydroxyl groups excluding tert-OH is 1. The van der Waals surface area contributed by atoms with E-state index in [0.29, 0.717) is 12.5 Å². The minimum atomic E-state index is -0.787. The van der Waals surface area contributed by atoms with Crippen molar-refractivity contribution in [2.45, 2.75) is 61.2 Å². The summed E-state index contributed by atoms with van der Waals surface area (Å²) in [5.74, 6) is 0.390. The first-order valence-corrected chi connectivity index (χ1v) is 11.8. The van der Waals surface area contributed by atoms with Gasteiger partial charge in [-0.15, -0.1) is 0 Å². The summed E-state index contributed by atoms with van der Waals surface area (Å²) in [6.07, 6.45) is 2.58. The third kappa shape index (κ3) is 5.53. The average molecular weight is 521 g/mol. The summed E-state index contributed by atoms with van der Waals surface area (Å²) in [5.41, 5.74) is 2.02. The molecule has 6 heteroatoms. The molecule has 2 aliphatic rings. The molecule has 1 amide bonds. The number of halogens is 1. The number of carbonyl (C=O) groups is 1. The van der Waals surface area contributed by atoms with E-state index in [9.17, 15) is 9.90 Å². The largest absolute Gasteiger partial charge is 0.445 e. The van der Waals surface area contributed by atoms with Gasteiger partial charge in [-0.2, -0.15) is 0 Å². The molecule has 0 aromatic heterocycles. The molecule has 2 fully saturated rings. The maximum atomic E-state index is 13.3. The summed E-state index contributed by atoms with van der Waals surface area (Å²) in [6, 6.07) is 19.6. The summed E-state index contributed by atoms with van der Waals surface area (Å²) < 4.78 is 11.8. The number of alkyl halides is 1. The third-order valence-corrected chi connectivity index (χ3v) is 7.07. The topological polar surface area (TPSA) is 59.0 Å². The summed E-state index contributed by atoms with van der Waals surface area (Å²) in [4.78, 5) is 15.1. The molecular formula is C24H28INO4. The zero-order chi connectivity index (χ0) is 20.9. The molecule has 1 saturated carbocycles. The smallest absolute Gasteiger partial charge is 0.410 e. The average Bonchev–Trinajstić information content (AvgIpc) is 3.60. The molecule has 0 spiro atoms. The first-order chi connectivity index (χ1) is 14.6. The van der Waals surface area contributed by atoms with Crippen LogP contribution in [-0.4, -0.2) is 38.5 Å². The van der Waals surface area contributed by atoms with Crippen LogP contribution in [-0.2, 0) is 22.6 Å². The van der Waals surface area contributed by atoms with E-state index in [1.54, 1.807) is 0 Å². The number of rotatable bonds is 7. The molecule has 160 valence electrons. The number of aliphatic hydroxyl groups is 1. The lowest BCUT2D eigenvalue weighted by atomic mass is 9.96. The SMILES string of the molecule is O=C(OCc1ccccc1)N(Cc1ccccc1)[C@@H](C1CC1)[C@@H]1CC[C@H](I)[C@@H](O)O1. The molecule has 1 aliphatic heterocycles. The van der Waals surface area contributed by atoms with Gasteiger partial charge < -0.3 is 14.6 Å². The highest BCUT2D eigenvalue weighted by molar-refractivity contribution is 14.1. The molecule has 0 bridgehead atoms. The van der Waals surface area contributed by atoms with Gasteiger partial charge in [-0.05, 0) is 42.7 Å². The second-order valence-electron chi connectivity index (χ2n) is 8.14. The van der Waals surface area contributed by atoms with Gasteiger partial charge in [0.15, 0.2) is 6.29 Å². The second kappa shape index (κ2) is 10.1. The minimum absolute atomic E-state index is 0.0892. The fraction of sp³-hybridized carbons (Fsp3) is 0.458. The summed E-state index contributed by atoms with van der Waals surface area (Å²) in [7, 11) is 0. The number of carbonyl (C=O) groups excluding carboxylic acids is 1. The Kier molecular flexibility index (Phi) is 7.28. The van der Waals surface area contributed by atoms with Crippen molar-refractivity contribution in [1.29, 1.82) is 0 Å². The van der Waals surface area contributed by atoms with E-state index < -0.39 is 6.29 Å². The Morgan fingerprint density at radius 1 is 1.03 bits per heavy atom. The Hall–Kier alpha value is -1.64. The lowest BCUT2D eigenvalue weighted by Gasteiger charge is -2.40. The van der Waals surface area contributed by atoms with E-state index >= 15 is 0 Å². The quantitative estimate of drug-likeness (QED) is 0.416. The lowest BCUT2D eigenvalue weighted by Crippen LogP contribution is -2.52. The highest BCUT2D eigenvalue weighted by Crippen LogP contribution is 2.41. The minimum Gasteiger partial charge on any atom is -0.445 e. The summed E-state index contributed by atoms with van der Waals surface area (Å²) in [5, 5.41) is 10.3. The number of hydrogen-bond acceptors (Lipinski definition) is 4. The fourth-order valence-corrected chi connectivity index (χ4v) is 4.65. The monoisotopic (exact) mass is 521 g/mol. The van der Waals surface area contributed by atoms with Crippen LogP contribution in [0.25, 0.3) is 0 Å². The van der Waals surface area contributed by atoms with Crippen molar-refractivity contribution >= 4 is 28.7 Å². The summed E-state index contributed by atoms with van der Waals surface area (Å²) >= 11 is 2.24. The molecular weight excluding hydrogens is 493 g/mol. The van der Waals surface area contributed by atoms with E-state index in [-0.39, 0.29) is 28.8 Å². The maximum Gasteiger partial charge on any atom is 0.410 e. The van der Waals surface area contributed by atoms with Gasteiger partial charge >= 0.3 is 6.09 Å². The molecule has 0 unspecified atom stereocenters. The Morgan fingerprint density at radius 2 is 1.67 bits per heavy atom. The molecule has 1 saturated heterocycles. The molecule has 1 heterocycles. The van der Waals surface area contributed by atoms with Crippen molar-refractivity contribution in [2.24, 2.45) is 5.92 Å². The molecule has 2 aromatic rings. The van der Waals surface area contributed by atoms with Gasteiger partial charge in [0, 0.05) is 6.54 Å². The first-order valence-electron chi connectivity index (χ1n) is 10.6. The lowest BCUT2D eigenvalue weighted by molar-refractivity contribution is -0.175. The fourth-order valence-electron chi connectivity index (χ4n) is 4.12. The third-order valence-electron chi connectivity index (χ3n) is 5.83. The Bertz CT molecular complexity index is 814. The van der Waals surface area contributed by atoms with Crippen molar-refractivity contribution in [1.82, 2.24) is 4.90 Å². The van der Waals surface area contributed by atoms with Crippen LogP contribution < -0.4 is 0 Å². The van der Waals surface area contributed by atoms with Crippen LogP contribution in [0.1, 0.15) is 36.8 Å². The highest BCUT2D eigenvalue weighted by atomic mass is 127.